The molecule has 3 aromatic carbocycles. The summed E-state index contributed by atoms with van der Waals surface area (Å²) in [6.07, 6.45) is 2.02. The molecule has 1 aromatic heterocycles. The Hall–Kier alpha value is -4.58. The van der Waals surface area contributed by atoms with Gasteiger partial charge in [0.1, 0.15) is 11.5 Å². The van der Waals surface area contributed by atoms with Crippen molar-refractivity contribution >= 4 is 58.0 Å². The maximum atomic E-state index is 13.8. The lowest BCUT2D eigenvalue weighted by Crippen LogP contribution is -2.51. The monoisotopic (exact) mass is 661 g/mol. The average molecular weight is 663 g/mol. The van der Waals surface area contributed by atoms with Crippen LogP contribution in [0.1, 0.15) is 16.7 Å². The van der Waals surface area contributed by atoms with Crippen LogP contribution in [0.15, 0.2) is 65.8 Å². The summed E-state index contributed by atoms with van der Waals surface area (Å²) < 4.78 is 16.4. The summed E-state index contributed by atoms with van der Waals surface area (Å²) >= 11 is 12.6. The molecular weight excluding hydrogens is 629 g/mol. The minimum absolute atomic E-state index is 0.0809. The number of aromatic nitrogens is 2. The minimum Gasteiger partial charge on any atom is -0.493 e. The number of amides is 1. The fourth-order valence-electron chi connectivity index (χ4n) is 5.71. The van der Waals surface area contributed by atoms with Crippen LogP contribution in [0, 0.1) is 0 Å². The molecule has 1 fully saturated rings. The number of benzene rings is 3. The van der Waals surface area contributed by atoms with Gasteiger partial charge in [-0.2, -0.15) is 4.98 Å². The second kappa shape index (κ2) is 13.4. The normalized spacial score (nSPS) is 15.8. The molecule has 0 saturated carbocycles. The first-order chi connectivity index (χ1) is 22.3. The van der Waals surface area contributed by atoms with E-state index in [0.29, 0.717) is 51.5 Å². The van der Waals surface area contributed by atoms with Crippen molar-refractivity contribution in [3.63, 3.8) is 0 Å². The van der Waals surface area contributed by atoms with E-state index in [9.17, 15) is 4.79 Å². The molecule has 0 bridgehead atoms. The lowest BCUT2D eigenvalue weighted by atomic mass is 10.1. The van der Waals surface area contributed by atoms with Gasteiger partial charge < -0.3 is 24.8 Å². The standard InChI is InChI=1S/C33H33Cl2N7O4/c1-44-27-14-20(15-28(45-2)30(27)46-3)13-21-18-37-33(39-31(21)36)38-29-25-17-23(35)7-8-26(25)42(32(29)43)19-40-9-11-41(12-10-40)24-6-4-5-22(34)16-24/h4-8,14-18H,9-13,19H2,1-3H3,(H2,36,37,39)/b38-29-. The van der Waals surface area contributed by atoms with Gasteiger partial charge in [0.2, 0.25) is 5.75 Å². The number of piperazine rings is 1. The Bertz CT molecular complexity index is 1790. The van der Waals surface area contributed by atoms with Crippen LogP contribution in [-0.4, -0.2) is 80.7 Å². The van der Waals surface area contributed by atoms with Crippen LogP contribution >= 0.6 is 23.2 Å². The molecule has 0 spiro atoms. The first kappa shape index (κ1) is 31.4. The lowest BCUT2D eigenvalue weighted by molar-refractivity contribution is -0.112. The van der Waals surface area contributed by atoms with Crippen molar-refractivity contribution in [1.82, 2.24) is 14.9 Å². The van der Waals surface area contributed by atoms with E-state index >= 15 is 0 Å². The van der Waals surface area contributed by atoms with Gasteiger partial charge in [-0.05, 0) is 54.1 Å². The van der Waals surface area contributed by atoms with Crippen LogP contribution in [0.3, 0.4) is 0 Å². The molecule has 0 unspecified atom stereocenters. The summed E-state index contributed by atoms with van der Waals surface area (Å²) in [5, 5.41) is 1.21. The van der Waals surface area contributed by atoms with E-state index in [-0.39, 0.29) is 23.4 Å². The van der Waals surface area contributed by atoms with Gasteiger partial charge in [-0.3, -0.25) is 14.6 Å². The van der Waals surface area contributed by atoms with Gasteiger partial charge in [0.15, 0.2) is 11.5 Å². The third-order valence-electron chi connectivity index (χ3n) is 8.06. The fourth-order valence-corrected chi connectivity index (χ4v) is 6.07. The number of carbonyl (C=O) groups is 1. The van der Waals surface area contributed by atoms with Crippen molar-refractivity contribution in [2.45, 2.75) is 6.42 Å². The SMILES string of the molecule is COc1cc(Cc2cnc(/N=C3\C(=O)N(CN4CCN(c5cccc(Cl)c5)CC4)c4ccc(Cl)cc43)nc2N)cc(OC)c1OC. The van der Waals surface area contributed by atoms with Crippen LogP contribution in [0.4, 0.5) is 23.1 Å². The molecule has 1 amide bonds. The Morgan fingerprint density at radius 3 is 2.28 bits per heavy atom. The Morgan fingerprint density at radius 2 is 1.63 bits per heavy atom. The van der Waals surface area contributed by atoms with Crippen LogP contribution in [0.5, 0.6) is 17.2 Å². The molecule has 13 heteroatoms. The van der Waals surface area contributed by atoms with Gasteiger partial charge in [0.25, 0.3) is 11.9 Å². The number of carbonyl (C=O) groups excluding carboxylic acids is 1. The summed E-state index contributed by atoms with van der Waals surface area (Å²) in [5.41, 5.74) is 10.6. The van der Waals surface area contributed by atoms with E-state index in [1.165, 1.54) is 0 Å². The molecule has 11 nitrogen and oxygen atoms in total. The van der Waals surface area contributed by atoms with Crippen LogP contribution in [0.2, 0.25) is 10.0 Å². The van der Waals surface area contributed by atoms with E-state index in [2.05, 4.69) is 30.8 Å². The summed E-state index contributed by atoms with van der Waals surface area (Å²) in [7, 11) is 4.68. The number of nitrogen functional groups attached to an aromatic ring is 1. The zero-order valence-corrected chi connectivity index (χ0v) is 27.2. The highest BCUT2D eigenvalue weighted by Gasteiger charge is 2.36. The highest BCUT2D eigenvalue weighted by Crippen LogP contribution is 2.39. The molecule has 238 valence electrons. The smallest absolute Gasteiger partial charge is 0.278 e. The summed E-state index contributed by atoms with van der Waals surface area (Å²) in [6.45, 7) is 3.59. The van der Waals surface area contributed by atoms with Gasteiger partial charge in [-0.1, -0.05) is 29.3 Å². The molecule has 2 aliphatic heterocycles. The van der Waals surface area contributed by atoms with Gasteiger partial charge in [-0.15, -0.1) is 0 Å². The zero-order chi connectivity index (χ0) is 32.4. The summed E-state index contributed by atoms with van der Waals surface area (Å²) in [5.74, 6) is 1.64. The fraction of sp³-hybridized carbons (Fsp3) is 0.273. The molecule has 2 N–H and O–H groups in total. The number of methoxy groups -OCH3 is 3. The number of rotatable bonds is 9. The molecule has 6 rings (SSSR count). The predicted octanol–water partition coefficient (Wildman–Crippen LogP) is 5.23. The Morgan fingerprint density at radius 1 is 0.913 bits per heavy atom. The molecular formula is C33H33Cl2N7O4. The topological polar surface area (TPSA) is 119 Å². The van der Waals surface area contributed by atoms with Gasteiger partial charge >= 0.3 is 0 Å². The average Bonchev–Trinajstić information content (AvgIpc) is 3.30. The van der Waals surface area contributed by atoms with Gasteiger partial charge in [0, 0.05) is 65.7 Å². The molecule has 2 aliphatic rings. The maximum absolute atomic E-state index is 13.8. The molecule has 1 saturated heterocycles. The van der Waals surface area contributed by atoms with E-state index in [4.69, 9.17) is 43.1 Å². The first-order valence-corrected chi connectivity index (χ1v) is 15.4. The maximum Gasteiger partial charge on any atom is 0.278 e. The third-order valence-corrected chi connectivity index (χ3v) is 8.53. The summed E-state index contributed by atoms with van der Waals surface area (Å²) in [6, 6.07) is 16.9. The largest absolute Gasteiger partial charge is 0.493 e. The second-order valence-electron chi connectivity index (χ2n) is 10.9. The number of fused-ring (bicyclic) bond motifs is 1. The first-order valence-electron chi connectivity index (χ1n) is 14.6. The highest BCUT2D eigenvalue weighted by molar-refractivity contribution is 6.55. The number of aliphatic imine (C=N–C) groups is 1. The number of anilines is 3. The quantitative estimate of drug-likeness (QED) is 0.257. The number of ether oxygens (including phenoxy) is 3. The predicted molar refractivity (Wildman–Crippen MR) is 181 cm³/mol. The Balaban J connectivity index is 1.20. The molecule has 0 atom stereocenters. The van der Waals surface area contributed by atoms with E-state index < -0.39 is 0 Å². The van der Waals surface area contributed by atoms with Crippen molar-refractivity contribution in [2.24, 2.45) is 4.99 Å². The van der Waals surface area contributed by atoms with E-state index in [0.717, 1.165) is 43.1 Å². The minimum atomic E-state index is -0.252. The number of halogens is 2. The Kier molecular flexibility index (Phi) is 9.16. The number of hydrogen-bond donors (Lipinski definition) is 1. The molecule has 0 radical (unpaired) electrons. The van der Waals surface area contributed by atoms with Crippen LogP contribution in [-0.2, 0) is 11.2 Å². The second-order valence-corrected chi connectivity index (χ2v) is 11.7. The molecule has 46 heavy (non-hydrogen) atoms. The van der Waals surface area contributed by atoms with Crippen molar-refractivity contribution in [3.05, 3.63) is 87.5 Å². The van der Waals surface area contributed by atoms with Gasteiger partial charge in [0.05, 0.1) is 33.7 Å². The summed E-state index contributed by atoms with van der Waals surface area (Å²) in [4.78, 5) is 33.5. The van der Waals surface area contributed by atoms with Crippen LogP contribution < -0.4 is 29.7 Å². The highest BCUT2D eigenvalue weighted by atomic mass is 35.5. The van der Waals surface area contributed by atoms with Crippen molar-refractivity contribution in [2.75, 3.05) is 69.7 Å². The Labute approximate surface area is 277 Å². The zero-order valence-electron chi connectivity index (χ0n) is 25.7. The van der Waals surface area contributed by atoms with E-state index in [1.807, 2.05) is 36.4 Å². The van der Waals surface area contributed by atoms with E-state index in [1.54, 1.807) is 44.6 Å². The molecule has 4 aromatic rings. The molecule has 3 heterocycles. The number of hydrogen-bond acceptors (Lipinski definition) is 10. The number of nitrogens with two attached hydrogens (primary N) is 1. The molecule has 0 aliphatic carbocycles. The van der Waals surface area contributed by atoms with Gasteiger partial charge in [-0.25, -0.2) is 9.98 Å². The van der Waals surface area contributed by atoms with Crippen molar-refractivity contribution < 1.29 is 19.0 Å². The lowest BCUT2D eigenvalue weighted by Gasteiger charge is -2.37. The number of nitrogens with zero attached hydrogens (tertiary/aromatic N) is 6. The van der Waals surface area contributed by atoms with Crippen molar-refractivity contribution in [1.29, 1.82) is 0 Å². The van der Waals surface area contributed by atoms with Crippen LogP contribution in [0.25, 0.3) is 0 Å². The van der Waals surface area contributed by atoms with Crippen molar-refractivity contribution in [3.8, 4) is 17.2 Å². The third kappa shape index (κ3) is 6.39.